The molecule has 0 bridgehead atoms. The first kappa shape index (κ1) is 18.6. The molecule has 0 saturated carbocycles. The van der Waals surface area contributed by atoms with E-state index in [0.717, 1.165) is 0 Å². The number of ether oxygens (including phenoxy) is 1. The van der Waals surface area contributed by atoms with Gasteiger partial charge in [0.15, 0.2) is 11.6 Å². The van der Waals surface area contributed by atoms with Gasteiger partial charge in [-0.3, -0.25) is 0 Å². The van der Waals surface area contributed by atoms with Crippen molar-refractivity contribution in [2.45, 2.75) is 53.9 Å². The molecule has 0 atom stereocenters. The van der Waals surface area contributed by atoms with Gasteiger partial charge >= 0.3 is 0 Å². The van der Waals surface area contributed by atoms with Gasteiger partial charge in [-0.15, -0.1) is 0 Å². The van der Waals surface area contributed by atoms with Gasteiger partial charge < -0.3 is 9.53 Å². The molecular formula is C17H27FO2. The number of ketones is 1. The zero-order valence-corrected chi connectivity index (χ0v) is 13.3. The van der Waals surface area contributed by atoms with E-state index in [2.05, 4.69) is 0 Å². The summed E-state index contributed by atoms with van der Waals surface area (Å²) in [7, 11) is 0. The summed E-state index contributed by atoms with van der Waals surface area (Å²) >= 11 is 0. The van der Waals surface area contributed by atoms with E-state index in [1.165, 1.54) is 0 Å². The van der Waals surface area contributed by atoms with Crippen LogP contribution in [-0.4, -0.2) is 12.4 Å². The molecule has 20 heavy (non-hydrogen) atoms. The van der Waals surface area contributed by atoms with Crippen LogP contribution < -0.4 is 4.74 Å². The number of carbonyl (C=O) groups excluding carboxylic acids is 1. The highest BCUT2D eigenvalue weighted by atomic mass is 19.1. The SMILES string of the molecule is CC.CC(=O)CCCc1cccc(OCC(C)C)c1F. The van der Waals surface area contributed by atoms with Crippen LogP contribution in [0.4, 0.5) is 4.39 Å². The fraction of sp³-hybridized carbons (Fsp3) is 0.588. The molecule has 0 aliphatic carbocycles. The van der Waals surface area contributed by atoms with Crippen LogP contribution in [0.25, 0.3) is 0 Å². The van der Waals surface area contributed by atoms with Crippen molar-refractivity contribution in [1.82, 2.24) is 0 Å². The molecule has 3 heteroatoms. The summed E-state index contributed by atoms with van der Waals surface area (Å²) in [6.45, 7) is 10.1. The van der Waals surface area contributed by atoms with Crippen LogP contribution >= 0.6 is 0 Å². The van der Waals surface area contributed by atoms with Gasteiger partial charge in [0.05, 0.1) is 6.61 Å². The second kappa shape index (κ2) is 10.4. The number of carbonyl (C=O) groups is 1. The first-order valence-corrected chi connectivity index (χ1v) is 7.40. The molecule has 1 rings (SSSR count). The van der Waals surface area contributed by atoms with Crippen molar-refractivity contribution in [3.63, 3.8) is 0 Å². The average Bonchev–Trinajstić information content (AvgIpc) is 2.41. The van der Waals surface area contributed by atoms with E-state index >= 15 is 0 Å². The van der Waals surface area contributed by atoms with Crippen LogP contribution in [-0.2, 0) is 11.2 Å². The fourth-order valence-electron chi connectivity index (χ4n) is 1.65. The standard InChI is InChI=1S/C15H21FO2.C2H6/c1-11(2)10-18-14-9-5-8-13(15(14)16)7-4-6-12(3)17;1-2/h5,8-9,11H,4,6-7,10H2,1-3H3;1-2H3. The van der Waals surface area contributed by atoms with Crippen molar-refractivity contribution in [3.05, 3.63) is 29.6 Å². The molecule has 0 N–H and O–H groups in total. The van der Waals surface area contributed by atoms with E-state index in [-0.39, 0.29) is 11.6 Å². The Kier molecular flexibility index (Phi) is 9.69. The topological polar surface area (TPSA) is 26.3 Å². The largest absolute Gasteiger partial charge is 0.490 e. The van der Waals surface area contributed by atoms with Gasteiger partial charge in [0.25, 0.3) is 0 Å². The van der Waals surface area contributed by atoms with Crippen LogP contribution in [0.3, 0.4) is 0 Å². The maximum Gasteiger partial charge on any atom is 0.168 e. The first-order chi connectivity index (χ1) is 9.50. The second-order valence-electron chi connectivity index (χ2n) is 4.99. The molecule has 114 valence electrons. The highest BCUT2D eigenvalue weighted by molar-refractivity contribution is 5.75. The van der Waals surface area contributed by atoms with Crippen molar-refractivity contribution in [3.8, 4) is 5.75 Å². The minimum absolute atomic E-state index is 0.141. The lowest BCUT2D eigenvalue weighted by atomic mass is 10.1. The van der Waals surface area contributed by atoms with Crippen LogP contribution in [0.15, 0.2) is 18.2 Å². The van der Waals surface area contributed by atoms with Crippen LogP contribution in [0.5, 0.6) is 5.75 Å². The van der Waals surface area contributed by atoms with Crippen molar-refractivity contribution in [2.24, 2.45) is 5.92 Å². The summed E-state index contributed by atoms with van der Waals surface area (Å²) in [5.41, 5.74) is 0.623. The Bertz CT molecular complexity index is 400. The summed E-state index contributed by atoms with van der Waals surface area (Å²) in [6, 6.07) is 5.19. The average molecular weight is 282 g/mol. The molecular weight excluding hydrogens is 255 g/mol. The Balaban J connectivity index is 0.00000172. The minimum atomic E-state index is -0.290. The Hall–Kier alpha value is -1.38. The molecule has 0 heterocycles. The predicted octanol–water partition coefficient (Wildman–Crippen LogP) is 4.80. The number of hydrogen-bond donors (Lipinski definition) is 0. The smallest absolute Gasteiger partial charge is 0.168 e. The van der Waals surface area contributed by atoms with E-state index in [1.54, 1.807) is 25.1 Å². The number of aryl methyl sites for hydroxylation is 1. The molecule has 0 saturated heterocycles. The van der Waals surface area contributed by atoms with Gasteiger partial charge in [0, 0.05) is 6.42 Å². The van der Waals surface area contributed by atoms with Gasteiger partial charge in [-0.2, -0.15) is 0 Å². The van der Waals surface area contributed by atoms with E-state index < -0.39 is 0 Å². The van der Waals surface area contributed by atoms with Crippen molar-refractivity contribution in [2.75, 3.05) is 6.61 Å². The molecule has 0 amide bonds. The normalized spacial score (nSPS) is 9.95. The van der Waals surface area contributed by atoms with E-state index in [4.69, 9.17) is 4.74 Å². The Labute approximate surface area is 122 Å². The summed E-state index contributed by atoms with van der Waals surface area (Å²) in [5, 5.41) is 0. The third kappa shape index (κ3) is 7.27. The lowest BCUT2D eigenvalue weighted by Gasteiger charge is -2.11. The number of hydrogen-bond acceptors (Lipinski definition) is 2. The van der Waals surface area contributed by atoms with Gasteiger partial charge in [0.2, 0.25) is 0 Å². The van der Waals surface area contributed by atoms with Gasteiger partial charge in [0.1, 0.15) is 5.78 Å². The highest BCUT2D eigenvalue weighted by Gasteiger charge is 2.09. The van der Waals surface area contributed by atoms with Crippen LogP contribution in [0.1, 0.15) is 53.0 Å². The van der Waals surface area contributed by atoms with E-state index in [9.17, 15) is 9.18 Å². The van der Waals surface area contributed by atoms with Crippen molar-refractivity contribution >= 4 is 5.78 Å². The van der Waals surface area contributed by atoms with Gasteiger partial charge in [-0.05, 0) is 37.3 Å². The Morgan fingerprint density at radius 2 is 1.95 bits per heavy atom. The maximum atomic E-state index is 14.0. The number of rotatable bonds is 7. The van der Waals surface area contributed by atoms with E-state index in [0.29, 0.717) is 43.1 Å². The predicted molar refractivity (Wildman–Crippen MR) is 81.7 cm³/mol. The van der Waals surface area contributed by atoms with Crippen molar-refractivity contribution < 1.29 is 13.9 Å². The van der Waals surface area contributed by atoms with Crippen LogP contribution in [0.2, 0.25) is 0 Å². The molecule has 2 nitrogen and oxygen atoms in total. The number of benzene rings is 1. The second-order valence-corrected chi connectivity index (χ2v) is 4.99. The minimum Gasteiger partial charge on any atom is -0.490 e. The van der Waals surface area contributed by atoms with Crippen LogP contribution in [0, 0.1) is 11.7 Å². The summed E-state index contributed by atoms with van der Waals surface area (Å²) < 4.78 is 19.5. The molecule has 0 aromatic heterocycles. The quantitative estimate of drug-likeness (QED) is 0.718. The molecule has 0 aliphatic rings. The fourth-order valence-corrected chi connectivity index (χ4v) is 1.65. The third-order valence-corrected chi connectivity index (χ3v) is 2.59. The lowest BCUT2D eigenvalue weighted by molar-refractivity contribution is -0.117. The summed E-state index contributed by atoms with van der Waals surface area (Å²) in [6.07, 6.45) is 1.75. The third-order valence-electron chi connectivity index (χ3n) is 2.59. The van der Waals surface area contributed by atoms with E-state index in [1.807, 2.05) is 27.7 Å². The molecule has 0 aliphatic heterocycles. The molecule has 0 fully saturated rings. The van der Waals surface area contributed by atoms with Gasteiger partial charge in [-0.25, -0.2) is 4.39 Å². The number of Topliss-reactive ketones (excluding diaryl/α,β-unsaturated/α-hetero) is 1. The monoisotopic (exact) mass is 282 g/mol. The molecule has 0 unspecified atom stereocenters. The highest BCUT2D eigenvalue weighted by Crippen LogP contribution is 2.22. The van der Waals surface area contributed by atoms with Gasteiger partial charge in [-0.1, -0.05) is 39.8 Å². The zero-order chi connectivity index (χ0) is 15.5. The Morgan fingerprint density at radius 3 is 2.50 bits per heavy atom. The van der Waals surface area contributed by atoms with Crippen molar-refractivity contribution in [1.29, 1.82) is 0 Å². The Morgan fingerprint density at radius 1 is 1.30 bits per heavy atom. The molecule has 0 spiro atoms. The summed E-state index contributed by atoms with van der Waals surface area (Å²) in [4.78, 5) is 10.8. The molecule has 1 aromatic rings. The molecule has 0 radical (unpaired) electrons. The maximum absolute atomic E-state index is 14.0. The number of halogens is 1. The molecule has 1 aromatic carbocycles. The lowest BCUT2D eigenvalue weighted by Crippen LogP contribution is -2.06. The zero-order valence-electron chi connectivity index (χ0n) is 13.3. The summed E-state index contributed by atoms with van der Waals surface area (Å²) in [5.74, 6) is 0.527. The first-order valence-electron chi connectivity index (χ1n) is 7.40.